The number of ether oxygens (including phenoxy) is 9. The summed E-state index contributed by atoms with van der Waals surface area (Å²) in [7, 11) is 0. The molecule has 0 amide bonds. The molecule has 0 aliphatic carbocycles. The second-order valence-corrected chi connectivity index (χ2v) is 21.1. The van der Waals surface area contributed by atoms with Crippen LogP contribution in [0.5, 0.6) is 23.0 Å². The molecule has 0 atom stereocenters. The highest BCUT2D eigenvalue weighted by Crippen LogP contribution is 2.45. The zero-order valence-electron chi connectivity index (χ0n) is 41.8. The first-order valence-electron chi connectivity index (χ1n) is 25.0. The van der Waals surface area contributed by atoms with Crippen LogP contribution in [0.2, 0.25) is 0 Å². The van der Waals surface area contributed by atoms with E-state index in [1.807, 2.05) is 36.7 Å². The van der Waals surface area contributed by atoms with Crippen LogP contribution in [0.25, 0.3) is 22.3 Å². The van der Waals surface area contributed by atoms with Crippen molar-refractivity contribution in [1.82, 2.24) is 69.0 Å². The molecule has 4 N–H and O–H groups in total. The number of imidazole rings is 2. The van der Waals surface area contributed by atoms with Crippen LogP contribution >= 0.6 is 55.4 Å². The first-order chi connectivity index (χ1) is 37.8. The van der Waals surface area contributed by atoms with Gasteiger partial charge in [0.15, 0.2) is 67.3 Å². The third-order valence-corrected chi connectivity index (χ3v) is 16.0. The smallest absolute Gasteiger partial charge is 0.231 e. The summed E-state index contributed by atoms with van der Waals surface area (Å²) in [5.41, 5.74) is 16.8. The number of nitrogens with two attached hydrogens (primary N) is 2. The van der Waals surface area contributed by atoms with E-state index in [4.69, 9.17) is 64.1 Å². The number of fused-ring (bicyclic) bond motifs is 4. The molecule has 2 aliphatic heterocycles. The molecule has 6 aromatic heterocycles. The van der Waals surface area contributed by atoms with Gasteiger partial charge in [-0.3, -0.25) is 0 Å². The molecule has 8 aromatic rings. The van der Waals surface area contributed by atoms with Crippen LogP contribution < -0.4 is 30.4 Å². The van der Waals surface area contributed by atoms with E-state index in [1.54, 1.807) is 9.36 Å². The lowest BCUT2D eigenvalue weighted by molar-refractivity contribution is -0.0121. The molecule has 77 heavy (non-hydrogen) atoms. The Kier molecular flexibility index (Phi) is 19.2. The maximum atomic E-state index is 6.19. The summed E-state index contributed by atoms with van der Waals surface area (Å²) in [6.07, 6.45) is 11.9. The van der Waals surface area contributed by atoms with Crippen LogP contribution in [-0.4, -0.2) is 149 Å². The second-order valence-electron chi connectivity index (χ2n) is 17.4. The Morgan fingerprint density at radius 2 is 0.883 bits per heavy atom. The van der Waals surface area contributed by atoms with Crippen LogP contribution in [0.1, 0.15) is 37.1 Å². The van der Waals surface area contributed by atoms with Gasteiger partial charge in [0.1, 0.15) is 12.7 Å². The molecule has 0 saturated heterocycles. The quantitative estimate of drug-likeness (QED) is 0.0430. The van der Waals surface area contributed by atoms with E-state index in [9.17, 15) is 0 Å². The number of anilines is 2. The fraction of sp³-hybridized carbons (Fsp3) is 0.458. The van der Waals surface area contributed by atoms with E-state index >= 15 is 0 Å². The van der Waals surface area contributed by atoms with Crippen molar-refractivity contribution in [1.29, 1.82) is 0 Å². The second kappa shape index (κ2) is 27.1. The number of aryl methyl sites for hydroxylation is 4. The minimum absolute atomic E-state index is 0.200. The Bertz CT molecular complexity index is 3030. The van der Waals surface area contributed by atoms with Gasteiger partial charge in [-0.2, -0.15) is 0 Å². The highest BCUT2D eigenvalue weighted by Gasteiger charge is 2.23. The van der Waals surface area contributed by atoms with Crippen molar-refractivity contribution >= 4 is 89.3 Å². The van der Waals surface area contributed by atoms with E-state index in [0.717, 1.165) is 79.0 Å². The van der Waals surface area contributed by atoms with Gasteiger partial charge in [-0.05, 0) is 94.7 Å². The molecule has 2 aromatic carbocycles. The van der Waals surface area contributed by atoms with E-state index < -0.39 is 0 Å². The van der Waals surface area contributed by atoms with Gasteiger partial charge >= 0.3 is 0 Å². The van der Waals surface area contributed by atoms with E-state index in [0.29, 0.717) is 149 Å². The third kappa shape index (κ3) is 14.4. The van der Waals surface area contributed by atoms with Gasteiger partial charge in [0.25, 0.3) is 0 Å². The van der Waals surface area contributed by atoms with Crippen molar-refractivity contribution in [3.63, 3.8) is 0 Å². The number of unbranched alkanes of at least 4 members (excludes halogenated alkanes) is 2. The van der Waals surface area contributed by atoms with Gasteiger partial charge in [-0.1, -0.05) is 34.0 Å². The maximum absolute atomic E-state index is 6.19. The number of benzene rings is 2. The fourth-order valence-corrected chi connectivity index (χ4v) is 11.2. The van der Waals surface area contributed by atoms with Crippen molar-refractivity contribution in [2.75, 3.05) is 91.1 Å². The first-order valence-corrected chi connectivity index (χ1v) is 28.2. The molecule has 0 unspecified atom stereocenters. The van der Waals surface area contributed by atoms with Gasteiger partial charge < -0.3 is 63.2 Å². The zero-order valence-corrected chi connectivity index (χ0v) is 46.6. The average Bonchev–Trinajstić information content (AvgIpc) is 4.32. The Labute approximate surface area is 467 Å². The number of hydrogen-bond donors (Lipinski definition) is 2. The van der Waals surface area contributed by atoms with Crippen molar-refractivity contribution in [3.05, 3.63) is 69.6 Å². The van der Waals surface area contributed by atoms with Crippen molar-refractivity contribution in [2.45, 2.75) is 84.8 Å². The lowest BCUT2D eigenvalue weighted by Gasteiger charge is -2.09. The molecule has 29 heteroatoms. The summed E-state index contributed by atoms with van der Waals surface area (Å²) in [5.74, 6) is 3.48. The molecule has 25 nitrogen and oxygen atoms in total. The number of rotatable bonds is 32. The monoisotopic (exact) mass is 1220 g/mol. The van der Waals surface area contributed by atoms with Gasteiger partial charge in [0, 0.05) is 44.2 Å². The molecular formula is C48H56Br2N16O9S2. The Hall–Kier alpha value is -5.92. The highest BCUT2D eigenvalue weighted by molar-refractivity contribution is 9.10. The minimum Gasteiger partial charge on any atom is -0.454 e. The molecule has 0 fully saturated rings. The summed E-state index contributed by atoms with van der Waals surface area (Å²) in [5, 5.41) is 18.8. The van der Waals surface area contributed by atoms with Crippen LogP contribution in [-0.2, 0) is 62.7 Å². The predicted octanol–water partition coefficient (Wildman–Crippen LogP) is 6.43. The van der Waals surface area contributed by atoms with Crippen molar-refractivity contribution in [2.24, 2.45) is 0 Å². The van der Waals surface area contributed by atoms with E-state index in [2.05, 4.69) is 81.6 Å². The average molecular weight is 1230 g/mol. The highest BCUT2D eigenvalue weighted by atomic mass is 79.9. The molecule has 0 bridgehead atoms. The Balaban J connectivity index is 0.523. The predicted molar refractivity (Wildman–Crippen MR) is 288 cm³/mol. The lowest BCUT2D eigenvalue weighted by Crippen LogP contribution is -2.14. The van der Waals surface area contributed by atoms with E-state index in [-0.39, 0.29) is 13.6 Å². The topological polar surface area (TPSA) is 284 Å². The van der Waals surface area contributed by atoms with Gasteiger partial charge in [0.2, 0.25) is 13.6 Å². The number of aromatic nitrogens is 14. The summed E-state index contributed by atoms with van der Waals surface area (Å²) < 4.78 is 60.2. The van der Waals surface area contributed by atoms with Crippen LogP contribution in [0.4, 0.5) is 11.6 Å². The fourth-order valence-electron chi connectivity index (χ4n) is 8.15. The zero-order chi connectivity index (χ0) is 52.8. The van der Waals surface area contributed by atoms with Gasteiger partial charge in [-0.15, -0.1) is 10.2 Å². The summed E-state index contributed by atoms with van der Waals surface area (Å²) in [6.45, 7) is 7.71. The largest absolute Gasteiger partial charge is 0.454 e. The number of halogens is 2. The third-order valence-electron chi connectivity index (χ3n) is 12.0. The summed E-state index contributed by atoms with van der Waals surface area (Å²) in [4.78, 5) is 28.8. The molecule has 2 aliphatic rings. The molecule has 0 radical (unpaired) electrons. The Morgan fingerprint density at radius 3 is 1.30 bits per heavy atom. The number of nitrogen functional groups attached to an aromatic ring is 2. The van der Waals surface area contributed by atoms with Gasteiger partial charge in [0.05, 0.1) is 90.5 Å². The van der Waals surface area contributed by atoms with Crippen LogP contribution in [0.15, 0.2) is 78.4 Å². The van der Waals surface area contributed by atoms with Crippen LogP contribution in [0.3, 0.4) is 0 Å². The SMILES string of the molecule is Nc1ncnc2c1nc(Sc1cc3c(cc1Br)OCO3)n2CCCCc1cn(CCOCCOCCOCCOCCOCCn2cc(CCCCn3c(Sc4cc5c(cc4Br)OCO5)nc4c(N)ncnc43)nn2)nn1. The van der Waals surface area contributed by atoms with Gasteiger partial charge in [-0.25, -0.2) is 39.3 Å². The Morgan fingerprint density at radius 1 is 0.494 bits per heavy atom. The molecular weight excluding hydrogens is 1170 g/mol. The number of hydrogen-bond acceptors (Lipinski definition) is 23. The number of nitrogens with zero attached hydrogens (tertiary/aromatic N) is 14. The molecule has 8 heterocycles. The normalized spacial score (nSPS) is 12.8. The van der Waals surface area contributed by atoms with Crippen molar-refractivity contribution < 1.29 is 42.6 Å². The standard InChI is InChI=1S/C48H56Br2N16O9S2/c49-33-21-35-37(74-29-72-35)23-39(33)76-47-57-41-43(51)53-27-55-45(41)65(47)7-3-1-5-31-25-63(61-59-31)9-11-67-13-15-69-17-19-71-20-18-70-16-14-68-12-10-64-26-32(60-62-64)6-2-4-8-66-46-42(44(52)54-28-56-46)58-48(66)77-40-24-38-36(22-34(40)50)73-30-75-38/h21-28H,1-20,29-30H2,(H2,51,53,55)(H2,52,54,56). The minimum atomic E-state index is 0.200. The maximum Gasteiger partial charge on any atom is 0.231 e. The molecule has 0 spiro atoms. The molecule has 408 valence electrons. The molecule has 10 rings (SSSR count). The summed E-state index contributed by atoms with van der Waals surface area (Å²) >= 11 is 10.3. The molecule has 0 saturated carbocycles. The van der Waals surface area contributed by atoms with Crippen LogP contribution in [0, 0.1) is 0 Å². The summed E-state index contributed by atoms with van der Waals surface area (Å²) in [6, 6.07) is 7.69. The van der Waals surface area contributed by atoms with E-state index in [1.165, 1.54) is 36.2 Å². The van der Waals surface area contributed by atoms with Crippen molar-refractivity contribution in [3.8, 4) is 23.0 Å². The lowest BCUT2D eigenvalue weighted by atomic mass is 10.2. The first kappa shape index (κ1) is 54.4.